The summed E-state index contributed by atoms with van der Waals surface area (Å²) in [5, 5.41) is 9.69. The average Bonchev–Trinajstić information content (AvgIpc) is 2.27. The minimum atomic E-state index is -2.51. The van der Waals surface area contributed by atoms with E-state index in [0.717, 1.165) is 0 Å². The van der Waals surface area contributed by atoms with E-state index in [1.54, 1.807) is 0 Å². The second kappa shape index (κ2) is 6.98. The molecule has 0 saturated carbocycles. The molecule has 1 N–H and O–H groups in total. The topological polar surface area (TPSA) is 29.5 Å². The van der Waals surface area contributed by atoms with Gasteiger partial charge in [-0.3, -0.25) is 0 Å². The Labute approximate surface area is 106 Å². The second-order valence-electron chi connectivity index (χ2n) is 3.44. The first-order valence-electron chi connectivity index (χ1n) is 4.99. The molecule has 0 aliphatic rings. The Morgan fingerprint density at radius 1 is 1.35 bits per heavy atom. The third-order valence-electron chi connectivity index (χ3n) is 2.11. The number of hydrogen-bond acceptors (Lipinski definition) is 2. The number of aliphatic hydroxyl groups excluding tert-OH is 1. The molecule has 1 unspecified atom stereocenters. The third-order valence-corrected chi connectivity index (χ3v) is 2.72. The number of hydrogen-bond donors (Lipinski definition) is 1. The number of ether oxygens (including phenoxy) is 1. The van der Waals surface area contributed by atoms with E-state index in [4.69, 9.17) is 0 Å². The normalized spacial score (nSPS) is 13.1. The molecule has 0 amide bonds. The molecule has 6 heteroatoms. The molecule has 0 saturated heterocycles. The first-order valence-corrected chi connectivity index (χ1v) is 5.79. The predicted octanol–water partition coefficient (Wildman–Crippen LogP) is 3.29. The molecule has 0 spiro atoms. The maximum absolute atomic E-state index is 12.9. The van der Waals surface area contributed by atoms with Crippen LogP contribution in [0.5, 0.6) is 0 Å². The van der Waals surface area contributed by atoms with E-state index in [1.807, 2.05) is 0 Å². The smallest absolute Gasteiger partial charge is 0.261 e. The van der Waals surface area contributed by atoms with Gasteiger partial charge < -0.3 is 9.84 Å². The highest BCUT2D eigenvalue weighted by Crippen LogP contribution is 2.23. The highest BCUT2D eigenvalue weighted by atomic mass is 79.9. The fourth-order valence-electron chi connectivity index (χ4n) is 1.25. The summed E-state index contributed by atoms with van der Waals surface area (Å²) < 4.78 is 41.3. The Bertz CT molecular complexity index is 361. The standard InChI is InChI=1S/C11H12BrF3O2/c12-8-5-7(1-2-9(8)13)10(16)3-4-17-6-11(14)15/h1-2,5,10-11,16H,3-4,6H2. The van der Waals surface area contributed by atoms with Crippen LogP contribution in [0.1, 0.15) is 18.1 Å². The number of rotatable bonds is 6. The van der Waals surface area contributed by atoms with Crippen LogP contribution in [-0.2, 0) is 4.74 Å². The molecule has 0 aliphatic carbocycles. The van der Waals surface area contributed by atoms with Gasteiger partial charge in [-0.15, -0.1) is 0 Å². The van der Waals surface area contributed by atoms with Gasteiger partial charge in [0.05, 0.1) is 10.6 Å². The molecule has 1 atom stereocenters. The summed E-state index contributed by atoms with van der Waals surface area (Å²) in [6, 6.07) is 4.12. The largest absolute Gasteiger partial charge is 0.388 e. The molecule has 0 heterocycles. The summed E-state index contributed by atoms with van der Waals surface area (Å²) >= 11 is 3.00. The Morgan fingerprint density at radius 2 is 2.06 bits per heavy atom. The van der Waals surface area contributed by atoms with Gasteiger partial charge in [-0.05, 0) is 33.6 Å². The molecule has 0 aromatic heterocycles. The van der Waals surface area contributed by atoms with Gasteiger partial charge in [-0.1, -0.05) is 6.07 Å². The minimum Gasteiger partial charge on any atom is -0.388 e. The van der Waals surface area contributed by atoms with Crippen molar-refractivity contribution < 1.29 is 23.0 Å². The van der Waals surface area contributed by atoms with Crippen LogP contribution in [0.2, 0.25) is 0 Å². The van der Waals surface area contributed by atoms with Crippen LogP contribution in [0.15, 0.2) is 22.7 Å². The molecule has 2 nitrogen and oxygen atoms in total. The van der Waals surface area contributed by atoms with E-state index < -0.39 is 25.0 Å². The summed E-state index contributed by atoms with van der Waals surface area (Å²) in [6.07, 6.45) is -3.18. The predicted molar refractivity (Wildman–Crippen MR) is 60.5 cm³/mol. The van der Waals surface area contributed by atoms with Crippen molar-refractivity contribution in [3.05, 3.63) is 34.1 Å². The van der Waals surface area contributed by atoms with E-state index in [2.05, 4.69) is 20.7 Å². The van der Waals surface area contributed by atoms with E-state index in [0.29, 0.717) is 5.56 Å². The van der Waals surface area contributed by atoms with Gasteiger partial charge in [-0.25, -0.2) is 13.2 Å². The summed E-state index contributed by atoms with van der Waals surface area (Å²) in [4.78, 5) is 0. The molecule has 96 valence electrons. The molecule has 17 heavy (non-hydrogen) atoms. The van der Waals surface area contributed by atoms with Crippen molar-refractivity contribution in [1.82, 2.24) is 0 Å². The summed E-state index contributed by atoms with van der Waals surface area (Å²) in [7, 11) is 0. The molecule has 1 rings (SSSR count). The Kier molecular flexibility index (Phi) is 5.94. The second-order valence-corrected chi connectivity index (χ2v) is 4.30. The van der Waals surface area contributed by atoms with Gasteiger partial charge in [0, 0.05) is 13.0 Å². The molecular formula is C11H12BrF3O2. The summed E-state index contributed by atoms with van der Waals surface area (Å²) in [5.41, 5.74) is 0.513. The monoisotopic (exact) mass is 312 g/mol. The first kappa shape index (κ1) is 14.5. The van der Waals surface area contributed by atoms with Crippen molar-refractivity contribution in [3.8, 4) is 0 Å². The molecule has 0 radical (unpaired) electrons. The zero-order valence-electron chi connectivity index (χ0n) is 8.88. The zero-order chi connectivity index (χ0) is 12.8. The number of alkyl halides is 2. The SMILES string of the molecule is OC(CCOCC(F)F)c1ccc(F)c(Br)c1. The zero-order valence-corrected chi connectivity index (χ0v) is 10.5. The van der Waals surface area contributed by atoms with Gasteiger partial charge in [0.2, 0.25) is 0 Å². The Morgan fingerprint density at radius 3 is 2.65 bits per heavy atom. The van der Waals surface area contributed by atoms with Gasteiger partial charge in [0.1, 0.15) is 12.4 Å². The third kappa shape index (κ3) is 5.06. The summed E-state index contributed by atoms with van der Waals surface area (Å²) in [5.74, 6) is -0.421. The van der Waals surface area contributed by atoms with E-state index in [9.17, 15) is 18.3 Å². The number of aliphatic hydroxyl groups is 1. The lowest BCUT2D eigenvalue weighted by atomic mass is 10.1. The lowest BCUT2D eigenvalue weighted by molar-refractivity contribution is 0.00480. The maximum Gasteiger partial charge on any atom is 0.261 e. The van der Waals surface area contributed by atoms with Gasteiger partial charge in [0.25, 0.3) is 6.43 Å². The summed E-state index contributed by atoms with van der Waals surface area (Å²) in [6.45, 7) is -0.611. The molecule has 1 aromatic carbocycles. The van der Waals surface area contributed by atoms with Crippen molar-refractivity contribution >= 4 is 15.9 Å². The van der Waals surface area contributed by atoms with Crippen LogP contribution in [-0.4, -0.2) is 24.7 Å². The average molecular weight is 313 g/mol. The lowest BCUT2D eigenvalue weighted by Gasteiger charge is -2.11. The number of benzene rings is 1. The molecule has 0 aliphatic heterocycles. The highest BCUT2D eigenvalue weighted by molar-refractivity contribution is 9.10. The van der Waals surface area contributed by atoms with Crippen molar-refractivity contribution in [2.45, 2.75) is 19.0 Å². The van der Waals surface area contributed by atoms with Gasteiger partial charge >= 0.3 is 0 Å². The quantitative estimate of drug-likeness (QED) is 0.817. The van der Waals surface area contributed by atoms with Gasteiger partial charge in [0.15, 0.2) is 0 Å². The van der Waals surface area contributed by atoms with Crippen molar-refractivity contribution in [2.24, 2.45) is 0 Å². The van der Waals surface area contributed by atoms with Crippen molar-refractivity contribution in [1.29, 1.82) is 0 Å². The Balaban J connectivity index is 2.41. The molecule has 0 fully saturated rings. The van der Waals surface area contributed by atoms with Crippen LogP contribution in [0, 0.1) is 5.82 Å². The van der Waals surface area contributed by atoms with Crippen molar-refractivity contribution in [3.63, 3.8) is 0 Å². The van der Waals surface area contributed by atoms with Crippen LogP contribution in [0.3, 0.4) is 0 Å². The molecule has 0 bridgehead atoms. The first-order chi connectivity index (χ1) is 8.00. The van der Waals surface area contributed by atoms with Crippen LogP contribution in [0.25, 0.3) is 0 Å². The maximum atomic E-state index is 12.9. The lowest BCUT2D eigenvalue weighted by Crippen LogP contribution is -2.08. The van der Waals surface area contributed by atoms with E-state index >= 15 is 0 Å². The molecular weight excluding hydrogens is 301 g/mol. The van der Waals surface area contributed by atoms with Crippen LogP contribution >= 0.6 is 15.9 Å². The highest BCUT2D eigenvalue weighted by Gasteiger charge is 2.10. The van der Waals surface area contributed by atoms with Crippen LogP contribution in [0.4, 0.5) is 13.2 Å². The fraction of sp³-hybridized carbons (Fsp3) is 0.455. The van der Waals surface area contributed by atoms with E-state index in [-0.39, 0.29) is 17.5 Å². The Hall–Kier alpha value is -0.590. The van der Waals surface area contributed by atoms with E-state index in [1.165, 1.54) is 18.2 Å². The van der Waals surface area contributed by atoms with Crippen molar-refractivity contribution in [2.75, 3.05) is 13.2 Å². The van der Waals surface area contributed by atoms with Gasteiger partial charge in [-0.2, -0.15) is 0 Å². The number of halogens is 4. The van der Waals surface area contributed by atoms with Crippen LogP contribution < -0.4 is 0 Å². The molecule has 1 aromatic rings. The minimum absolute atomic E-state index is 0.0283. The fourth-order valence-corrected chi connectivity index (χ4v) is 1.65.